The molecule has 0 saturated carbocycles. The maximum absolute atomic E-state index is 10.2. The Morgan fingerprint density at radius 1 is 1.00 bits per heavy atom. The van der Waals surface area contributed by atoms with Crippen molar-refractivity contribution >= 4 is 0 Å². The van der Waals surface area contributed by atoms with Crippen molar-refractivity contribution in [3.8, 4) is 5.75 Å². The smallest absolute Gasteiger partial charge is 0.123 e. The number of nitrogens with zero attached hydrogens (tertiary/aromatic N) is 1. The first-order chi connectivity index (χ1) is 13.7. The van der Waals surface area contributed by atoms with Gasteiger partial charge in [-0.2, -0.15) is 0 Å². The standard InChI is InChI=1S/C24H33NO3/c26-16-17-28-23-12-5-4-11-22(23)18-25-15-7-14-24(19-25,20-27)13-6-10-21-8-2-1-3-9-21/h1-5,8-9,11-12,26-27H,6-7,10,13-20H2. The van der Waals surface area contributed by atoms with Gasteiger partial charge in [-0.15, -0.1) is 0 Å². The molecule has 0 bridgehead atoms. The summed E-state index contributed by atoms with van der Waals surface area (Å²) in [6.07, 6.45) is 5.44. The predicted octanol–water partition coefficient (Wildman–Crippen LogP) is 3.66. The Morgan fingerprint density at radius 2 is 1.79 bits per heavy atom. The van der Waals surface area contributed by atoms with Crippen LogP contribution in [0.15, 0.2) is 54.6 Å². The fourth-order valence-corrected chi connectivity index (χ4v) is 4.34. The number of aryl methyl sites for hydroxylation is 1. The summed E-state index contributed by atoms with van der Waals surface area (Å²) in [6.45, 7) is 3.38. The molecule has 4 heteroatoms. The maximum atomic E-state index is 10.2. The highest BCUT2D eigenvalue weighted by atomic mass is 16.5. The largest absolute Gasteiger partial charge is 0.491 e. The van der Waals surface area contributed by atoms with E-state index in [0.29, 0.717) is 6.61 Å². The topological polar surface area (TPSA) is 52.9 Å². The minimum Gasteiger partial charge on any atom is -0.491 e. The summed E-state index contributed by atoms with van der Waals surface area (Å²) in [5.41, 5.74) is 2.51. The zero-order valence-electron chi connectivity index (χ0n) is 16.7. The van der Waals surface area contributed by atoms with E-state index >= 15 is 0 Å². The normalized spacial score (nSPS) is 20.2. The van der Waals surface area contributed by atoms with Gasteiger partial charge in [0.1, 0.15) is 12.4 Å². The Labute approximate surface area is 168 Å². The minimum atomic E-state index is -0.00602. The second-order valence-corrected chi connectivity index (χ2v) is 7.99. The van der Waals surface area contributed by atoms with Gasteiger partial charge in [0.05, 0.1) is 6.61 Å². The number of ether oxygens (including phenoxy) is 1. The number of piperidine rings is 1. The molecular weight excluding hydrogens is 350 g/mol. The molecule has 0 aliphatic carbocycles. The fraction of sp³-hybridized carbons (Fsp3) is 0.500. The zero-order chi connectivity index (χ0) is 19.7. The number of aliphatic hydroxyl groups excluding tert-OH is 2. The van der Waals surface area contributed by atoms with E-state index in [9.17, 15) is 5.11 Å². The van der Waals surface area contributed by atoms with Gasteiger partial charge >= 0.3 is 0 Å². The number of hydrogen-bond acceptors (Lipinski definition) is 4. The Kier molecular flexibility index (Phi) is 7.90. The van der Waals surface area contributed by atoms with Crippen molar-refractivity contribution in [3.63, 3.8) is 0 Å². The van der Waals surface area contributed by atoms with Crippen LogP contribution in [0.1, 0.15) is 36.8 Å². The second kappa shape index (κ2) is 10.6. The van der Waals surface area contributed by atoms with Crippen molar-refractivity contribution in [2.24, 2.45) is 5.41 Å². The van der Waals surface area contributed by atoms with Gasteiger partial charge in [-0.3, -0.25) is 4.90 Å². The quantitative estimate of drug-likeness (QED) is 0.657. The molecule has 0 radical (unpaired) electrons. The van der Waals surface area contributed by atoms with Crippen molar-refractivity contribution < 1.29 is 14.9 Å². The van der Waals surface area contributed by atoms with Gasteiger partial charge in [0, 0.05) is 30.7 Å². The molecule has 152 valence electrons. The van der Waals surface area contributed by atoms with Crippen LogP contribution < -0.4 is 4.74 Å². The second-order valence-electron chi connectivity index (χ2n) is 7.99. The number of aliphatic hydroxyl groups is 2. The molecule has 1 aliphatic rings. The molecule has 1 fully saturated rings. The van der Waals surface area contributed by atoms with Crippen molar-refractivity contribution in [1.82, 2.24) is 4.90 Å². The minimum absolute atomic E-state index is 0.00602. The number of para-hydroxylation sites is 1. The summed E-state index contributed by atoms with van der Waals surface area (Å²) in [5, 5.41) is 19.3. The van der Waals surface area contributed by atoms with Crippen LogP contribution in [0.2, 0.25) is 0 Å². The number of rotatable bonds is 10. The third-order valence-electron chi connectivity index (χ3n) is 5.81. The van der Waals surface area contributed by atoms with Crippen molar-refractivity contribution in [1.29, 1.82) is 0 Å². The van der Waals surface area contributed by atoms with E-state index in [2.05, 4.69) is 41.3 Å². The van der Waals surface area contributed by atoms with Gasteiger partial charge in [-0.05, 0) is 50.3 Å². The van der Waals surface area contributed by atoms with E-state index < -0.39 is 0 Å². The van der Waals surface area contributed by atoms with E-state index in [1.807, 2.05) is 18.2 Å². The highest BCUT2D eigenvalue weighted by Crippen LogP contribution is 2.36. The Hall–Kier alpha value is -1.88. The summed E-state index contributed by atoms with van der Waals surface area (Å²) in [4.78, 5) is 2.45. The average molecular weight is 384 g/mol. The zero-order valence-corrected chi connectivity index (χ0v) is 16.7. The van der Waals surface area contributed by atoms with Crippen molar-refractivity contribution in [2.75, 3.05) is 32.9 Å². The number of likely N-dealkylation sites (tertiary alicyclic amines) is 1. The van der Waals surface area contributed by atoms with Gasteiger partial charge in [-0.1, -0.05) is 48.5 Å². The Balaban J connectivity index is 1.58. The summed E-state index contributed by atoms with van der Waals surface area (Å²) in [5.74, 6) is 0.848. The van der Waals surface area contributed by atoms with Crippen molar-refractivity contribution in [3.05, 3.63) is 65.7 Å². The molecule has 1 aliphatic heterocycles. The Morgan fingerprint density at radius 3 is 2.57 bits per heavy atom. The first-order valence-electron chi connectivity index (χ1n) is 10.4. The SMILES string of the molecule is OCCOc1ccccc1CN1CCCC(CO)(CCCc2ccccc2)C1. The molecule has 2 aromatic carbocycles. The molecule has 28 heavy (non-hydrogen) atoms. The summed E-state index contributed by atoms with van der Waals surface area (Å²) < 4.78 is 5.69. The van der Waals surface area contributed by atoms with Gasteiger partial charge in [0.25, 0.3) is 0 Å². The summed E-state index contributed by atoms with van der Waals surface area (Å²) in [7, 11) is 0. The molecule has 1 unspecified atom stereocenters. The van der Waals surface area contributed by atoms with Gasteiger partial charge in [-0.25, -0.2) is 0 Å². The molecular formula is C24H33NO3. The average Bonchev–Trinajstić information content (AvgIpc) is 2.74. The lowest BCUT2D eigenvalue weighted by molar-refractivity contribution is 0.0204. The first-order valence-corrected chi connectivity index (χ1v) is 10.4. The maximum Gasteiger partial charge on any atom is 0.123 e. The molecule has 0 aromatic heterocycles. The molecule has 3 rings (SSSR count). The van der Waals surface area contributed by atoms with Crippen LogP contribution >= 0.6 is 0 Å². The van der Waals surface area contributed by atoms with Crippen LogP contribution in [0, 0.1) is 5.41 Å². The lowest BCUT2D eigenvalue weighted by Crippen LogP contribution is -2.45. The lowest BCUT2D eigenvalue weighted by atomic mass is 9.76. The predicted molar refractivity (Wildman–Crippen MR) is 112 cm³/mol. The molecule has 2 N–H and O–H groups in total. The first kappa shape index (κ1) is 20.8. The van der Waals surface area contributed by atoms with Crippen LogP contribution in [-0.4, -0.2) is 48.0 Å². The van der Waals surface area contributed by atoms with Crippen LogP contribution in [0.3, 0.4) is 0 Å². The van der Waals surface area contributed by atoms with Crippen molar-refractivity contribution in [2.45, 2.75) is 38.6 Å². The Bertz CT molecular complexity index is 706. The highest BCUT2D eigenvalue weighted by molar-refractivity contribution is 5.33. The molecule has 4 nitrogen and oxygen atoms in total. The highest BCUT2D eigenvalue weighted by Gasteiger charge is 2.34. The van der Waals surface area contributed by atoms with E-state index in [-0.39, 0.29) is 18.6 Å². The van der Waals surface area contributed by atoms with Crippen LogP contribution in [-0.2, 0) is 13.0 Å². The summed E-state index contributed by atoms with van der Waals surface area (Å²) in [6, 6.07) is 18.7. The van der Waals surface area contributed by atoms with Gasteiger partial charge in [0.2, 0.25) is 0 Å². The fourth-order valence-electron chi connectivity index (χ4n) is 4.34. The monoisotopic (exact) mass is 383 g/mol. The molecule has 1 saturated heterocycles. The molecule has 1 heterocycles. The molecule has 1 atom stereocenters. The number of benzene rings is 2. The van der Waals surface area contributed by atoms with Crippen LogP contribution in [0.25, 0.3) is 0 Å². The number of hydrogen-bond donors (Lipinski definition) is 2. The van der Waals surface area contributed by atoms with E-state index in [1.54, 1.807) is 0 Å². The van der Waals surface area contributed by atoms with E-state index in [0.717, 1.165) is 63.1 Å². The third kappa shape index (κ3) is 5.81. The van der Waals surface area contributed by atoms with E-state index in [4.69, 9.17) is 9.84 Å². The third-order valence-corrected chi connectivity index (χ3v) is 5.81. The van der Waals surface area contributed by atoms with Gasteiger partial charge in [0.15, 0.2) is 0 Å². The molecule has 0 amide bonds. The van der Waals surface area contributed by atoms with E-state index in [1.165, 1.54) is 5.56 Å². The summed E-state index contributed by atoms with van der Waals surface area (Å²) >= 11 is 0. The molecule has 0 spiro atoms. The van der Waals surface area contributed by atoms with Gasteiger partial charge < -0.3 is 14.9 Å². The van der Waals surface area contributed by atoms with Crippen LogP contribution in [0.5, 0.6) is 5.75 Å². The lowest BCUT2D eigenvalue weighted by Gasteiger charge is -2.42. The van der Waals surface area contributed by atoms with Crippen LogP contribution in [0.4, 0.5) is 0 Å². The molecule has 2 aromatic rings.